The number of halogens is 2. The lowest BCUT2D eigenvalue weighted by atomic mass is 10.3. The lowest BCUT2D eigenvalue weighted by molar-refractivity contribution is -0.121. The number of carbonyl (C=O) groups excluding carboxylic acids is 1. The van der Waals surface area contributed by atoms with Crippen LogP contribution in [0.5, 0.6) is 5.75 Å². The number of hydrogen-bond donors (Lipinski definition) is 2. The second-order valence-electron chi connectivity index (χ2n) is 4.40. The Morgan fingerprint density at radius 3 is 2.60 bits per heavy atom. The van der Waals surface area contributed by atoms with E-state index < -0.39 is 0 Å². The van der Waals surface area contributed by atoms with Gasteiger partial charge in [0.05, 0.1) is 6.61 Å². The monoisotopic (exact) mass is 304 g/mol. The molecule has 0 aromatic heterocycles. The van der Waals surface area contributed by atoms with Gasteiger partial charge in [-0.25, -0.2) is 4.39 Å². The van der Waals surface area contributed by atoms with Crippen molar-refractivity contribution in [3.63, 3.8) is 0 Å². The van der Waals surface area contributed by atoms with E-state index in [4.69, 9.17) is 4.74 Å². The van der Waals surface area contributed by atoms with E-state index in [1.807, 2.05) is 14.0 Å². The molecule has 0 spiro atoms. The highest BCUT2D eigenvalue weighted by molar-refractivity contribution is 5.85. The van der Waals surface area contributed by atoms with Gasteiger partial charge in [0.25, 0.3) is 0 Å². The molecule has 20 heavy (non-hydrogen) atoms. The molecule has 1 unspecified atom stereocenters. The highest BCUT2D eigenvalue weighted by Crippen LogP contribution is 2.11. The van der Waals surface area contributed by atoms with Crippen molar-refractivity contribution in [3.8, 4) is 5.75 Å². The van der Waals surface area contributed by atoms with Crippen LogP contribution >= 0.6 is 12.4 Å². The van der Waals surface area contributed by atoms with E-state index in [1.165, 1.54) is 12.1 Å². The summed E-state index contributed by atoms with van der Waals surface area (Å²) in [4.78, 5) is 11.5. The third-order valence-electron chi connectivity index (χ3n) is 2.73. The number of amides is 1. The minimum absolute atomic E-state index is 0. The first-order valence-corrected chi connectivity index (χ1v) is 6.44. The third-order valence-corrected chi connectivity index (χ3v) is 2.73. The predicted molar refractivity (Wildman–Crippen MR) is 79.9 cm³/mol. The summed E-state index contributed by atoms with van der Waals surface area (Å²) in [6, 6.07) is 6.11. The van der Waals surface area contributed by atoms with Crippen LogP contribution in [0.4, 0.5) is 4.39 Å². The molecular weight excluding hydrogens is 283 g/mol. The molecule has 0 saturated heterocycles. The molecular formula is C14H22ClFN2O2. The SMILES string of the molecule is CNC(C)CNC(=O)CCCOc1ccc(F)cc1.Cl. The van der Waals surface area contributed by atoms with Gasteiger partial charge in [-0.3, -0.25) is 4.79 Å². The molecule has 0 radical (unpaired) electrons. The van der Waals surface area contributed by atoms with Crippen molar-refractivity contribution < 1.29 is 13.9 Å². The molecule has 0 saturated carbocycles. The molecule has 0 aliphatic rings. The molecule has 1 atom stereocenters. The van der Waals surface area contributed by atoms with E-state index in [0.717, 1.165) is 0 Å². The van der Waals surface area contributed by atoms with Gasteiger partial charge in [-0.15, -0.1) is 12.4 Å². The van der Waals surface area contributed by atoms with Crippen molar-refractivity contribution >= 4 is 18.3 Å². The minimum Gasteiger partial charge on any atom is -0.494 e. The minimum atomic E-state index is -0.287. The lowest BCUT2D eigenvalue weighted by Crippen LogP contribution is -2.37. The van der Waals surface area contributed by atoms with Gasteiger partial charge < -0.3 is 15.4 Å². The summed E-state index contributed by atoms with van der Waals surface area (Å²) in [7, 11) is 1.85. The molecule has 6 heteroatoms. The Labute approximate surface area is 125 Å². The fraction of sp³-hybridized carbons (Fsp3) is 0.500. The summed E-state index contributed by atoms with van der Waals surface area (Å²) in [5.74, 6) is 0.348. The summed E-state index contributed by atoms with van der Waals surface area (Å²) in [6.45, 7) is 3.06. The number of nitrogens with one attached hydrogen (secondary N) is 2. The molecule has 1 amide bonds. The fourth-order valence-corrected chi connectivity index (χ4v) is 1.41. The van der Waals surface area contributed by atoms with Crippen LogP contribution in [0.15, 0.2) is 24.3 Å². The number of ether oxygens (including phenoxy) is 1. The number of likely N-dealkylation sites (N-methyl/N-ethyl adjacent to an activating group) is 1. The Kier molecular flexibility index (Phi) is 9.76. The number of carbonyl (C=O) groups is 1. The quantitative estimate of drug-likeness (QED) is 0.723. The van der Waals surface area contributed by atoms with Gasteiger partial charge in [-0.1, -0.05) is 0 Å². The van der Waals surface area contributed by atoms with Crippen molar-refractivity contribution in [2.45, 2.75) is 25.8 Å². The first-order chi connectivity index (χ1) is 9.11. The van der Waals surface area contributed by atoms with Crippen LogP contribution in [0.1, 0.15) is 19.8 Å². The van der Waals surface area contributed by atoms with E-state index in [0.29, 0.717) is 31.7 Å². The first-order valence-electron chi connectivity index (χ1n) is 6.44. The van der Waals surface area contributed by atoms with Crippen molar-refractivity contribution in [2.75, 3.05) is 20.2 Å². The Morgan fingerprint density at radius 2 is 2.00 bits per heavy atom. The van der Waals surface area contributed by atoms with Crippen LogP contribution < -0.4 is 15.4 Å². The second-order valence-corrected chi connectivity index (χ2v) is 4.40. The average Bonchev–Trinajstić information content (AvgIpc) is 2.42. The molecule has 2 N–H and O–H groups in total. The Balaban J connectivity index is 0.00000361. The predicted octanol–water partition coefficient (Wildman–Crippen LogP) is 2.13. The van der Waals surface area contributed by atoms with Crippen LogP contribution in [-0.2, 0) is 4.79 Å². The highest BCUT2D eigenvalue weighted by Gasteiger charge is 2.03. The molecule has 0 bridgehead atoms. The van der Waals surface area contributed by atoms with Gasteiger partial charge in [-0.2, -0.15) is 0 Å². The zero-order valence-electron chi connectivity index (χ0n) is 11.8. The maximum absolute atomic E-state index is 12.6. The van der Waals surface area contributed by atoms with Gasteiger partial charge in [0.1, 0.15) is 11.6 Å². The summed E-state index contributed by atoms with van der Waals surface area (Å²) in [5, 5.41) is 5.88. The van der Waals surface area contributed by atoms with Crippen molar-refractivity contribution in [1.29, 1.82) is 0 Å². The van der Waals surface area contributed by atoms with Crippen molar-refractivity contribution in [2.24, 2.45) is 0 Å². The Bertz CT molecular complexity index is 387. The Hall–Kier alpha value is -1.33. The molecule has 0 heterocycles. The summed E-state index contributed by atoms with van der Waals surface area (Å²) < 4.78 is 18.0. The van der Waals surface area contributed by atoms with Gasteiger partial charge >= 0.3 is 0 Å². The largest absolute Gasteiger partial charge is 0.494 e. The van der Waals surface area contributed by atoms with Gasteiger partial charge in [0.15, 0.2) is 0 Å². The van der Waals surface area contributed by atoms with Gasteiger partial charge in [0.2, 0.25) is 5.91 Å². The van der Waals surface area contributed by atoms with Gasteiger partial charge in [0, 0.05) is 19.0 Å². The van der Waals surface area contributed by atoms with Crippen molar-refractivity contribution in [1.82, 2.24) is 10.6 Å². The maximum Gasteiger partial charge on any atom is 0.220 e. The van der Waals surface area contributed by atoms with E-state index in [9.17, 15) is 9.18 Å². The number of hydrogen-bond acceptors (Lipinski definition) is 3. The summed E-state index contributed by atoms with van der Waals surface area (Å²) in [5.41, 5.74) is 0. The average molecular weight is 305 g/mol. The zero-order chi connectivity index (χ0) is 14.1. The Morgan fingerprint density at radius 1 is 1.35 bits per heavy atom. The molecule has 0 fully saturated rings. The standard InChI is InChI=1S/C14H21FN2O2.ClH/c1-11(16-2)10-17-14(18)4-3-9-19-13-7-5-12(15)6-8-13;/h5-8,11,16H,3-4,9-10H2,1-2H3,(H,17,18);1H. The molecule has 1 aromatic carbocycles. The van der Waals surface area contributed by atoms with Gasteiger partial charge in [-0.05, 0) is 44.7 Å². The molecule has 0 aliphatic carbocycles. The van der Waals surface area contributed by atoms with Crippen LogP contribution in [0.25, 0.3) is 0 Å². The van der Waals surface area contributed by atoms with Crippen molar-refractivity contribution in [3.05, 3.63) is 30.1 Å². The fourth-order valence-electron chi connectivity index (χ4n) is 1.41. The first kappa shape index (κ1) is 18.7. The number of benzene rings is 1. The third kappa shape index (κ3) is 7.96. The van der Waals surface area contributed by atoms with Crippen LogP contribution in [-0.4, -0.2) is 32.1 Å². The normalized spacial score (nSPS) is 11.3. The van der Waals surface area contributed by atoms with Crippen LogP contribution in [0, 0.1) is 5.82 Å². The maximum atomic E-state index is 12.6. The zero-order valence-corrected chi connectivity index (χ0v) is 12.6. The lowest BCUT2D eigenvalue weighted by Gasteiger charge is -2.11. The smallest absolute Gasteiger partial charge is 0.220 e. The summed E-state index contributed by atoms with van der Waals surface area (Å²) in [6.07, 6.45) is 1.06. The van der Waals surface area contributed by atoms with E-state index in [1.54, 1.807) is 12.1 Å². The molecule has 1 aromatic rings. The van der Waals surface area contributed by atoms with E-state index >= 15 is 0 Å². The summed E-state index contributed by atoms with van der Waals surface area (Å²) >= 11 is 0. The molecule has 0 aliphatic heterocycles. The van der Waals surface area contributed by atoms with Crippen LogP contribution in [0.2, 0.25) is 0 Å². The second kappa shape index (κ2) is 10.5. The molecule has 4 nitrogen and oxygen atoms in total. The molecule has 1 rings (SSSR count). The topological polar surface area (TPSA) is 50.4 Å². The molecule has 114 valence electrons. The number of rotatable bonds is 8. The van der Waals surface area contributed by atoms with Crippen LogP contribution in [0.3, 0.4) is 0 Å². The van der Waals surface area contributed by atoms with E-state index in [-0.39, 0.29) is 30.2 Å². The van der Waals surface area contributed by atoms with E-state index in [2.05, 4.69) is 10.6 Å². The highest BCUT2D eigenvalue weighted by atomic mass is 35.5.